The van der Waals surface area contributed by atoms with Crippen LogP contribution in [0.2, 0.25) is 10.0 Å². The van der Waals surface area contributed by atoms with Crippen molar-refractivity contribution in [1.82, 2.24) is 20.0 Å². The second kappa shape index (κ2) is 10.9. The van der Waals surface area contributed by atoms with Crippen LogP contribution in [0.4, 0.5) is 16.2 Å². The molecule has 3 amide bonds. The van der Waals surface area contributed by atoms with Gasteiger partial charge in [-0.25, -0.2) is 9.48 Å². The van der Waals surface area contributed by atoms with E-state index in [2.05, 4.69) is 15.7 Å². The van der Waals surface area contributed by atoms with Crippen molar-refractivity contribution in [3.05, 3.63) is 70.0 Å². The van der Waals surface area contributed by atoms with E-state index in [1.54, 1.807) is 74.3 Å². The molecule has 1 aromatic heterocycles. The van der Waals surface area contributed by atoms with Crippen LogP contribution in [0.25, 0.3) is 5.69 Å². The lowest BCUT2D eigenvalue weighted by molar-refractivity contribution is 0.0502. The van der Waals surface area contributed by atoms with Crippen LogP contribution in [-0.4, -0.2) is 57.3 Å². The van der Waals surface area contributed by atoms with E-state index < -0.39 is 17.6 Å². The molecule has 38 heavy (non-hydrogen) atoms. The van der Waals surface area contributed by atoms with Gasteiger partial charge in [0.25, 0.3) is 11.8 Å². The fraction of sp³-hybridized carbons (Fsp3) is 0.308. The SMILES string of the molecule is CC(C)(C)OC(=O)N[C@H]1CCN(C(=O)c2ccc(Nc3cn(-c4c(Cl)cccc4Cl)nc3C(N)=O)cc2)C1. The van der Waals surface area contributed by atoms with Gasteiger partial charge in [-0.05, 0) is 63.6 Å². The summed E-state index contributed by atoms with van der Waals surface area (Å²) in [6.07, 6.45) is 1.71. The van der Waals surface area contributed by atoms with Crippen molar-refractivity contribution in [2.45, 2.75) is 38.8 Å². The number of para-hydroxylation sites is 1. The van der Waals surface area contributed by atoms with E-state index in [0.29, 0.717) is 52.2 Å². The summed E-state index contributed by atoms with van der Waals surface area (Å²) in [6.45, 7) is 6.30. The van der Waals surface area contributed by atoms with E-state index in [1.807, 2.05) is 0 Å². The molecule has 1 aliphatic rings. The molecule has 3 aromatic rings. The normalized spacial score (nSPS) is 15.3. The number of benzene rings is 2. The quantitative estimate of drug-likeness (QED) is 0.399. The molecule has 4 rings (SSSR count). The number of nitrogens with zero attached hydrogens (tertiary/aromatic N) is 3. The molecule has 200 valence electrons. The zero-order valence-electron chi connectivity index (χ0n) is 21.1. The average Bonchev–Trinajstić information content (AvgIpc) is 3.45. The van der Waals surface area contributed by atoms with Crippen molar-refractivity contribution in [3.63, 3.8) is 0 Å². The molecule has 2 aromatic carbocycles. The number of carbonyl (C=O) groups is 3. The van der Waals surface area contributed by atoms with E-state index >= 15 is 0 Å². The Hall–Kier alpha value is -3.76. The first-order valence-corrected chi connectivity index (χ1v) is 12.7. The first-order chi connectivity index (χ1) is 17.9. The summed E-state index contributed by atoms with van der Waals surface area (Å²) < 4.78 is 6.68. The minimum absolute atomic E-state index is 0.00161. The smallest absolute Gasteiger partial charge is 0.407 e. The lowest BCUT2D eigenvalue weighted by atomic mass is 10.1. The van der Waals surface area contributed by atoms with Crippen molar-refractivity contribution < 1.29 is 19.1 Å². The molecule has 0 aliphatic carbocycles. The summed E-state index contributed by atoms with van der Waals surface area (Å²) in [5, 5.41) is 10.9. The molecule has 0 unspecified atom stereocenters. The van der Waals surface area contributed by atoms with Crippen LogP contribution in [0, 0.1) is 0 Å². The number of primary amides is 1. The second-order valence-corrected chi connectivity index (χ2v) is 10.7. The number of nitrogens with one attached hydrogen (secondary N) is 2. The van der Waals surface area contributed by atoms with Gasteiger partial charge in [-0.15, -0.1) is 0 Å². The number of hydrogen-bond acceptors (Lipinski definition) is 6. The van der Waals surface area contributed by atoms with Crippen molar-refractivity contribution in [1.29, 1.82) is 0 Å². The van der Waals surface area contributed by atoms with Gasteiger partial charge in [0.05, 0.1) is 28.0 Å². The molecule has 10 nitrogen and oxygen atoms in total. The maximum Gasteiger partial charge on any atom is 0.407 e. The molecular weight excluding hydrogens is 531 g/mol. The van der Waals surface area contributed by atoms with Gasteiger partial charge in [0.2, 0.25) is 0 Å². The molecule has 0 radical (unpaired) electrons. The number of anilines is 2. The third-order valence-electron chi connectivity index (χ3n) is 5.72. The second-order valence-electron chi connectivity index (χ2n) is 9.86. The van der Waals surface area contributed by atoms with Crippen molar-refractivity contribution in [3.8, 4) is 5.69 Å². The molecule has 1 fully saturated rings. The molecule has 0 saturated carbocycles. The van der Waals surface area contributed by atoms with Gasteiger partial charge in [-0.3, -0.25) is 9.59 Å². The number of aromatic nitrogens is 2. The monoisotopic (exact) mass is 558 g/mol. The Morgan fingerprint density at radius 3 is 2.34 bits per heavy atom. The minimum atomic E-state index is -0.732. The fourth-order valence-electron chi connectivity index (χ4n) is 4.04. The molecule has 1 aliphatic heterocycles. The topological polar surface area (TPSA) is 132 Å². The van der Waals surface area contributed by atoms with Gasteiger partial charge in [0.15, 0.2) is 5.69 Å². The van der Waals surface area contributed by atoms with Crippen molar-refractivity contribution in [2.75, 3.05) is 18.4 Å². The van der Waals surface area contributed by atoms with Crippen LogP contribution < -0.4 is 16.4 Å². The van der Waals surface area contributed by atoms with Gasteiger partial charge in [-0.2, -0.15) is 5.10 Å². The Morgan fingerprint density at radius 1 is 1.08 bits per heavy atom. The van der Waals surface area contributed by atoms with Crippen LogP contribution in [0.15, 0.2) is 48.7 Å². The highest BCUT2D eigenvalue weighted by molar-refractivity contribution is 6.37. The van der Waals surface area contributed by atoms with E-state index in [1.165, 1.54) is 4.68 Å². The number of hydrogen-bond donors (Lipinski definition) is 3. The molecule has 4 N–H and O–H groups in total. The summed E-state index contributed by atoms with van der Waals surface area (Å²) >= 11 is 12.6. The summed E-state index contributed by atoms with van der Waals surface area (Å²) in [7, 11) is 0. The number of nitrogens with two attached hydrogens (primary N) is 1. The van der Waals surface area contributed by atoms with E-state index in [4.69, 9.17) is 33.7 Å². The molecule has 0 spiro atoms. The first kappa shape index (κ1) is 27.3. The van der Waals surface area contributed by atoms with E-state index in [-0.39, 0.29) is 17.6 Å². The maximum absolute atomic E-state index is 13.0. The number of ether oxygens (including phenoxy) is 1. The van der Waals surface area contributed by atoms with Crippen LogP contribution in [-0.2, 0) is 4.74 Å². The Morgan fingerprint density at radius 2 is 1.74 bits per heavy atom. The van der Waals surface area contributed by atoms with Gasteiger partial charge in [-0.1, -0.05) is 29.3 Å². The average molecular weight is 559 g/mol. The number of alkyl carbamates (subject to hydrolysis) is 1. The number of amides is 3. The molecular formula is C26H28Cl2N6O4. The number of likely N-dealkylation sites (tertiary alicyclic amines) is 1. The van der Waals surface area contributed by atoms with Crippen molar-refractivity contribution in [2.24, 2.45) is 5.73 Å². The fourth-order valence-corrected chi connectivity index (χ4v) is 4.61. The molecule has 0 bridgehead atoms. The highest BCUT2D eigenvalue weighted by Crippen LogP contribution is 2.30. The van der Waals surface area contributed by atoms with Gasteiger partial charge < -0.3 is 26.0 Å². The minimum Gasteiger partial charge on any atom is -0.444 e. The van der Waals surface area contributed by atoms with Gasteiger partial charge >= 0.3 is 6.09 Å². The first-order valence-electron chi connectivity index (χ1n) is 11.9. The van der Waals surface area contributed by atoms with Crippen LogP contribution in [0.3, 0.4) is 0 Å². The van der Waals surface area contributed by atoms with Crippen molar-refractivity contribution >= 4 is 52.5 Å². The molecule has 1 saturated heterocycles. The summed E-state index contributed by atoms with van der Waals surface area (Å²) in [5.41, 5.74) is 6.81. The third kappa shape index (κ3) is 6.38. The van der Waals surface area contributed by atoms with Crippen LogP contribution in [0.1, 0.15) is 48.0 Å². The van der Waals surface area contributed by atoms with Crippen LogP contribution in [0.5, 0.6) is 0 Å². The third-order valence-corrected chi connectivity index (χ3v) is 6.33. The maximum atomic E-state index is 13.0. The zero-order chi connectivity index (χ0) is 27.6. The Bertz CT molecular complexity index is 1350. The lowest BCUT2D eigenvalue weighted by Crippen LogP contribution is -2.41. The summed E-state index contributed by atoms with van der Waals surface area (Å²) in [6, 6.07) is 11.6. The summed E-state index contributed by atoms with van der Waals surface area (Å²) in [4.78, 5) is 38.8. The highest BCUT2D eigenvalue weighted by Gasteiger charge is 2.29. The predicted octanol–water partition coefficient (Wildman–Crippen LogP) is 4.76. The highest BCUT2D eigenvalue weighted by atomic mass is 35.5. The zero-order valence-corrected chi connectivity index (χ0v) is 22.6. The standard InChI is InChI=1S/C26H28Cl2N6O4/c1-26(2,3)38-25(37)31-17-11-12-33(13-17)24(36)15-7-9-16(10-8-15)30-20-14-34(32-21(20)23(29)35)22-18(27)5-4-6-19(22)28/h4-10,14,17,30H,11-13H2,1-3H3,(H2,29,35)(H,31,37)/t17-/m0/s1. The summed E-state index contributed by atoms with van der Waals surface area (Å²) in [5.74, 6) is -0.881. The van der Waals surface area contributed by atoms with Crippen LogP contribution >= 0.6 is 23.2 Å². The van der Waals surface area contributed by atoms with E-state index in [9.17, 15) is 14.4 Å². The molecule has 1 atom stereocenters. The number of rotatable bonds is 6. The number of carbonyl (C=O) groups excluding carboxylic acids is 3. The predicted molar refractivity (Wildman–Crippen MR) is 146 cm³/mol. The lowest BCUT2D eigenvalue weighted by Gasteiger charge is -2.22. The Balaban J connectivity index is 1.43. The van der Waals surface area contributed by atoms with E-state index in [0.717, 1.165) is 0 Å². The number of halogens is 2. The Kier molecular flexibility index (Phi) is 7.84. The molecule has 2 heterocycles. The van der Waals surface area contributed by atoms with Gasteiger partial charge in [0.1, 0.15) is 11.3 Å². The molecule has 12 heteroatoms. The largest absolute Gasteiger partial charge is 0.444 e. The van der Waals surface area contributed by atoms with Gasteiger partial charge in [0, 0.05) is 24.3 Å². The Labute approximate surface area is 230 Å².